The molecule has 1 aromatic rings. The zero-order valence-corrected chi connectivity index (χ0v) is 10.8. The van der Waals surface area contributed by atoms with Gasteiger partial charge in [0.25, 0.3) is 0 Å². The van der Waals surface area contributed by atoms with E-state index in [4.69, 9.17) is 10.5 Å². The number of anilines is 1. The van der Waals surface area contributed by atoms with Crippen molar-refractivity contribution in [3.8, 4) is 5.75 Å². The minimum atomic E-state index is -0.221. The SMILES string of the molecule is COc1ccc(N2CCN(C)C(CN)C2=O)cc1. The maximum atomic E-state index is 12.3. The highest BCUT2D eigenvalue weighted by molar-refractivity contribution is 5.98. The van der Waals surface area contributed by atoms with Crippen LogP contribution in [0.4, 0.5) is 5.69 Å². The molecule has 1 saturated heterocycles. The van der Waals surface area contributed by atoms with Gasteiger partial charge >= 0.3 is 0 Å². The van der Waals surface area contributed by atoms with Gasteiger partial charge in [0.1, 0.15) is 11.8 Å². The molecular weight excluding hydrogens is 230 g/mol. The van der Waals surface area contributed by atoms with Gasteiger partial charge in [0.15, 0.2) is 0 Å². The highest BCUT2D eigenvalue weighted by atomic mass is 16.5. The van der Waals surface area contributed by atoms with Gasteiger partial charge in [0, 0.05) is 25.3 Å². The van der Waals surface area contributed by atoms with Crippen LogP contribution in [0.15, 0.2) is 24.3 Å². The van der Waals surface area contributed by atoms with Crippen LogP contribution >= 0.6 is 0 Å². The maximum Gasteiger partial charge on any atom is 0.245 e. The molecule has 0 spiro atoms. The smallest absolute Gasteiger partial charge is 0.245 e. The summed E-state index contributed by atoms with van der Waals surface area (Å²) in [5.74, 6) is 0.854. The van der Waals surface area contributed by atoms with E-state index in [2.05, 4.69) is 0 Å². The van der Waals surface area contributed by atoms with Gasteiger partial charge in [-0.1, -0.05) is 0 Å². The summed E-state index contributed by atoms with van der Waals surface area (Å²) in [6, 6.07) is 7.29. The first-order valence-corrected chi connectivity index (χ1v) is 6.03. The van der Waals surface area contributed by atoms with Crippen LogP contribution in [0.1, 0.15) is 0 Å². The predicted octanol–water partition coefficient (Wildman–Crippen LogP) is 0.301. The number of hydrogen-bond donors (Lipinski definition) is 1. The summed E-state index contributed by atoms with van der Waals surface area (Å²) in [4.78, 5) is 16.1. The molecule has 1 unspecified atom stereocenters. The van der Waals surface area contributed by atoms with Gasteiger partial charge in [-0.2, -0.15) is 0 Å². The number of benzene rings is 1. The predicted molar refractivity (Wildman–Crippen MR) is 70.8 cm³/mol. The average Bonchev–Trinajstić information content (AvgIpc) is 2.40. The highest BCUT2D eigenvalue weighted by Gasteiger charge is 2.32. The molecule has 5 heteroatoms. The van der Waals surface area contributed by atoms with Crippen molar-refractivity contribution in [1.29, 1.82) is 0 Å². The molecule has 1 amide bonds. The van der Waals surface area contributed by atoms with E-state index in [0.29, 0.717) is 13.1 Å². The summed E-state index contributed by atoms with van der Waals surface area (Å²) in [5, 5.41) is 0. The largest absolute Gasteiger partial charge is 0.497 e. The van der Waals surface area contributed by atoms with E-state index in [1.165, 1.54) is 0 Å². The molecule has 1 heterocycles. The Hall–Kier alpha value is -1.59. The maximum absolute atomic E-state index is 12.3. The number of piperazine rings is 1. The second-order valence-electron chi connectivity index (χ2n) is 4.42. The van der Waals surface area contributed by atoms with Crippen LogP contribution in [-0.2, 0) is 4.79 Å². The number of nitrogens with zero attached hydrogens (tertiary/aromatic N) is 2. The number of hydrogen-bond acceptors (Lipinski definition) is 4. The van der Waals surface area contributed by atoms with Gasteiger partial charge in [0.05, 0.1) is 7.11 Å². The first kappa shape index (κ1) is 12.9. The van der Waals surface area contributed by atoms with Gasteiger partial charge in [-0.25, -0.2) is 0 Å². The summed E-state index contributed by atoms with van der Waals surface area (Å²) >= 11 is 0. The number of likely N-dealkylation sites (N-methyl/N-ethyl adjacent to an activating group) is 1. The summed E-state index contributed by atoms with van der Waals surface area (Å²) in [6.07, 6.45) is 0. The third-order valence-electron chi connectivity index (χ3n) is 3.37. The van der Waals surface area contributed by atoms with Gasteiger partial charge in [-0.15, -0.1) is 0 Å². The van der Waals surface area contributed by atoms with Gasteiger partial charge in [-0.3, -0.25) is 9.69 Å². The summed E-state index contributed by atoms with van der Waals surface area (Å²) in [5.41, 5.74) is 6.56. The van der Waals surface area contributed by atoms with Crippen LogP contribution in [0, 0.1) is 0 Å². The van der Waals surface area contributed by atoms with Crippen LogP contribution in [-0.4, -0.2) is 50.6 Å². The van der Waals surface area contributed by atoms with Crippen LogP contribution < -0.4 is 15.4 Å². The summed E-state index contributed by atoms with van der Waals surface area (Å²) in [6.45, 7) is 1.87. The zero-order valence-electron chi connectivity index (χ0n) is 10.8. The van der Waals surface area contributed by atoms with Crippen molar-refractivity contribution in [3.63, 3.8) is 0 Å². The topological polar surface area (TPSA) is 58.8 Å². The average molecular weight is 249 g/mol. The van der Waals surface area contributed by atoms with Crippen molar-refractivity contribution in [2.24, 2.45) is 5.73 Å². The van der Waals surface area contributed by atoms with E-state index in [0.717, 1.165) is 18.0 Å². The fraction of sp³-hybridized carbons (Fsp3) is 0.462. The number of methoxy groups -OCH3 is 1. The van der Waals surface area contributed by atoms with E-state index in [-0.39, 0.29) is 11.9 Å². The molecule has 1 aromatic carbocycles. The molecule has 2 rings (SSSR count). The van der Waals surface area contributed by atoms with Crippen LogP contribution in [0.5, 0.6) is 5.75 Å². The van der Waals surface area contributed by atoms with E-state index < -0.39 is 0 Å². The molecule has 2 N–H and O–H groups in total. The first-order valence-electron chi connectivity index (χ1n) is 6.03. The van der Waals surface area contributed by atoms with Crippen LogP contribution in [0.25, 0.3) is 0 Å². The molecule has 0 aliphatic carbocycles. The molecular formula is C13H19N3O2. The molecule has 5 nitrogen and oxygen atoms in total. The Morgan fingerprint density at radius 2 is 2.00 bits per heavy atom. The lowest BCUT2D eigenvalue weighted by Gasteiger charge is -2.38. The monoisotopic (exact) mass is 249 g/mol. The van der Waals surface area contributed by atoms with Crippen molar-refractivity contribution in [2.75, 3.05) is 38.7 Å². The third-order valence-corrected chi connectivity index (χ3v) is 3.37. The fourth-order valence-electron chi connectivity index (χ4n) is 2.19. The fourth-order valence-corrected chi connectivity index (χ4v) is 2.19. The lowest BCUT2D eigenvalue weighted by molar-refractivity contribution is -0.124. The Morgan fingerprint density at radius 1 is 1.33 bits per heavy atom. The molecule has 0 bridgehead atoms. The number of carbonyl (C=O) groups is 1. The van der Waals surface area contributed by atoms with Gasteiger partial charge < -0.3 is 15.4 Å². The van der Waals surface area contributed by atoms with Crippen LogP contribution in [0.2, 0.25) is 0 Å². The number of carbonyl (C=O) groups excluding carboxylic acids is 1. The Balaban J connectivity index is 2.19. The summed E-state index contributed by atoms with van der Waals surface area (Å²) < 4.78 is 5.11. The molecule has 1 aliphatic heterocycles. The van der Waals surface area contributed by atoms with Gasteiger partial charge in [0.2, 0.25) is 5.91 Å². The number of rotatable bonds is 3. The third kappa shape index (κ3) is 2.32. The first-order chi connectivity index (χ1) is 8.67. The molecule has 98 valence electrons. The Kier molecular flexibility index (Phi) is 3.84. The van der Waals surface area contributed by atoms with Crippen molar-refractivity contribution < 1.29 is 9.53 Å². The second kappa shape index (κ2) is 5.37. The normalized spacial score (nSPS) is 21.2. The lowest BCUT2D eigenvalue weighted by Crippen LogP contribution is -2.58. The standard InChI is InChI=1S/C13H19N3O2/c1-15-7-8-16(13(17)12(15)9-14)10-3-5-11(18-2)6-4-10/h3-6,12H,7-9,14H2,1-2H3. The Labute approximate surface area is 107 Å². The van der Waals surface area contributed by atoms with Crippen LogP contribution in [0.3, 0.4) is 0 Å². The lowest BCUT2D eigenvalue weighted by atomic mass is 10.1. The molecule has 1 atom stereocenters. The van der Waals surface area contributed by atoms with Gasteiger partial charge in [-0.05, 0) is 31.3 Å². The molecule has 0 aromatic heterocycles. The number of nitrogens with two attached hydrogens (primary N) is 1. The molecule has 1 fully saturated rings. The van der Waals surface area contributed by atoms with Crippen molar-refractivity contribution in [3.05, 3.63) is 24.3 Å². The zero-order chi connectivity index (χ0) is 13.1. The van der Waals surface area contributed by atoms with Crippen molar-refractivity contribution in [1.82, 2.24) is 4.90 Å². The molecule has 1 aliphatic rings. The van der Waals surface area contributed by atoms with E-state index in [9.17, 15) is 4.79 Å². The number of amides is 1. The van der Waals surface area contributed by atoms with E-state index >= 15 is 0 Å². The Morgan fingerprint density at radius 3 is 2.56 bits per heavy atom. The van der Waals surface area contributed by atoms with E-state index in [1.807, 2.05) is 36.2 Å². The quantitative estimate of drug-likeness (QED) is 0.837. The molecule has 18 heavy (non-hydrogen) atoms. The molecule has 0 saturated carbocycles. The van der Waals surface area contributed by atoms with Crippen molar-refractivity contribution in [2.45, 2.75) is 6.04 Å². The number of ether oxygens (including phenoxy) is 1. The van der Waals surface area contributed by atoms with Crippen molar-refractivity contribution >= 4 is 11.6 Å². The molecule has 0 radical (unpaired) electrons. The minimum Gasteiger partial charge on any atom is -0.497 e. The van der Waals surface area contributed by atoms with E-state index in [1.54, 1.807) is 12.0 Å². The summed E-state index contributed by atoms with van der Waals surface area (Å²) in [7, 11) is 3.56. The Bertz CT molecular complexity index is 419. The highest BCUT2D eigenvalue weighted by Crippen LogP contribution is 2.22. The second-order valence-corrected chi connectivity index (χ2v) is 4.42. The minimum absolute atomic E-state index is 0.0661.